The molecule has 0 saturated heterocycles. The number of para-hydroxylation sites is 1. The zero-order valence-electron chi connectivity index (χ0n) is 19.8. The summed E-state index contributed by atoms with van der Waals surface area (Å²) in [6.45, 7) is 6.59. The number of ether oxygens (including phenoxy) is 1. The highest BCUT2D eigenvalue weighted by Gasteiger charge is 2.22. The third-order valence-corrected chi connectivity index (χ3v) is 6.73. The molecule has 0 aromatic heterocycles. The highest BCUT2D eigenvalue weighted by atomic mass is 35.5. The summed E-state index contributed by atoms with van der Waals surface area (Å²) >= 11 is 6.05. The summed E-state index contributed by atoms with van der Waals surface area (Å²) in [6.07, 6.45) is 1.21. The van der Waals surface area contributed by atoms with Gasteiger partial charge in [0.2, 0.25) is 10.0 Å². The number of hydrogen-bond acceptors (Lipinski definition) is 4. The quantitative estimate of drug-likeness (QED) is 0.417. The van der Waals surface area contributed by atoms with Gasteiger partial charge in [-0.25, -0.2) is 8.42 Å². The van der Waals surface area contributed by atoms with Crippen molar-refractivity contribution < 1.29 is 17.9 Å². The van der Waals surface area contributed by atoms with Crippen molar-refractivity contribution >= 4 is 33.2 Å². The summed E-state index contributed by atoms with van der Waals surface area (Å²) in [4.78, 5) is 12.5. The summed E-state index contributed by atoms with van der Waals surface area (Å²) < 4.78 is 32.2. The van der Waals surface area contributed by atoms with Gasteiger partial charge < -0.3 is 10.1 Å². The molecule has 0 fully saturated rings. The molecule has 3 rings (SSSR count). The predicted octanol–water partition coefficient (Wildman–Crippen LogP) is 5.04. The number of rotatable bonds is 9. The van der Waals surface area contributed by atoms with E-state index in [2.05, 4.69) is 5.32 Å². The monoisotopic (exact) mass is 500 g/mol. The van der Waals surface area contributed by atoms with Crippen molar-refractivity contribution in [3.8, 4) is 5.75 Å². The fourth-order valence-corrected chi connectivity index (χ4v) is 5.04. The predicted molar refractivity (Wildman–Crippen MR) is 137 cm³/mol. The van der Waals surface area contributed by atoms with E-state index in [1.807, 2.05) is 45.0 Å². The molecule has 0 aliphatic carbocycles. The molecule has 0 radical (unpaired) electrons. The Morgan fingerprint density at radius 3 is 2.21 bits per heavy atom. The summed E-state index contributed by atoms with van der Waals surface area (Å²) in [5.74, 6) is 0.330. The van der Waals surface area contributed by atoms with Gasteiger partial charge in [-0.3, -0.25) is 9.10 Å². The fraction of sp³-hybridized carbons (Fsp3) is 0.269. The maximum atomic E-state index is 12.6. The number of sulfonamides is 1. The van der Waals surface area contributed by atoms with Crippen LogP contribution in [0.5, 0.6) is 5.75 Å². The Hall–Kier alpha value is -3.03. The van der Waals surface area contributed by atoms with Gasteiger partial charge in [0.25, 0.3) is 5.91 Å². The van der Waals surface area contributed by atoms with Crippen LogP contribution in [0, 0.1) is 20.8 Å². The normalized spacial score (nSPS) is 11.2. The SMILES string of the molecule is Cc1cc(C)c(N(Cc2ccc(C(=O)NCCOc3ccccc3Cl)cc2)S(C)(=O)=O)c(C)c1. The first-order valence-corrected chi connectivity index (χ1v) is 13.1. The molecule has 0 aliphatic heterocycles. The Morgan fingerprint density at radius 1 is 1.00 bits per heavy atom. The number of nitrogens with zero attached hydrogens (tertiary/aromatic N) is 1. The third kappa shape index (κ3) is 6.52. The van der Waals surface area contributed by atoms with Crippen LogP contribution >= 0.6 is 11.6 Å². The maximum absolute atomic E-state index is 12.6. The van der Waals surface area contributed by atoms with Gasteiger partial charge >= 0.3 is 0 Å². The van der Waals surface area contributed by atoms with Gasteiger partial charge in [0.05, 0.1) is 30.1 Å². The third-order valence-electron chi connectivity index (χ3n) is 5.31. The minimum absolute atomic E-state index is 0.178. The maximum Gasteiger partial charge on any atom is 0.251 e. The molecule has 180 valence electrons. The van der Waals surface area contributed by atoms with E-state index in [4.69, 9.17) is 16.3 Å². The summed E-state index contributed by atoms with van der Waals surface area (Å²) in [5.41, 5.74) is 4.84. The number of amides is 1. The molecule has 6 nitrogen and oxygen atoms in total. The van der Waals surface area contributed by atoms with Crippen LogP contribution < -0.4 is 14.4 Å². The highest BCUT2D eigenvalue weighted by Crippen LogP contribution is 2.30. The van der Waals surface area contributed by atoms with Crippen LogP contribution in [0.4, 0.5) is 5.69 Å². The van der Waals surface area contributed by atoms with Gasteiger partial charge in [-0.2, -0.15) is 0 Å². The minimum Gasteiger partial charge on any atom is -0.490 e. The minimum atomic E-state index is -3.51. The lowest BCUT2D eigenvalue weighted by molar-refractivity contribution is 0.0947. The first-order chi connectivity index (χ1) is 16.1. The van der Waals surface area contributed by atoms with Gasteiger partial charge in [-0.1, -0.05) is 53.6 Å². The lowest BCUT2D eigenvalue weighted by atomic mass is 10.0. The van der Waals surface area contributed by atoms with E-state index >= 15 is 0 Å². The highest BCUT2D eigenvalue weighted by molar-refractivity contribution is 7.92. The molecule has 3 aromatic rings. The Balaban J connectivity index is 1.64. The van der Waals surface area contributed by atoms with E-state index in [0.717, 1.165) is 22.3 Å². The topological polar surface area (TPSA) is 75.7 Å². The molecular weight excluding hydrogens is 472 g/mol. The lowest BCUT2D eigenvalue weighted by Gasteiger charge is -2.26. The van der Waals surface area contributed by atoms with Crippen molar-refractivity contribution in [2.45, 2.75) is 27.3 Å². The van der Waals surface area contributed by atoms with Crippen LogP contribution in [0.15, 0.2) is 60.7 Å². The Morgan fingerprint density at radius 2 is 1.62 bits per heavy atom. The van der Waals surface area contributed by atoms with Gasteiger partial charge in [0, 0.05) is 5.56 Å². The number of carbonyl (C=O) groups excluding carboxylic acids is 1. The Labute approximate surface area is 206 Å². The lowest BCUT2D eigenvalue weighted by Crippen LogP contribution is -2.31. The molecule has 0 unspecified atom stereocenters. The van der Waals surface area contributed by atoms with Gasteiger partial charge in [-0.15, -0.1) is 0 Å². The van der Waals surface area contributed by atoms with Gasteiger partial charge in [0.1, 0.15) is 12.4 Å². The van der Waals surface area contributed by atoms with E-state index in [1.54, 1.807) is 36.4 Å². The second-order valence-electron chi connectivity index (χ2n) is 8.25. The molecule has 8 heteroatoms. The van der Waals surface area contributed by atoms with Crippen molar-refractivity contribution in [2.24, 2.45) is 0 Å². The number of aryl methyl sites for hydroxylation is 3. The van der Waals surface area contributed by atoms with Crippen molar-refractivity contribution in [1.29, 1.82) is 0 Å². The Kier molecular flexibility index (Phi) is 8.23. The van der Waals surface area contributed by atoms with E-state index in [0.29, 0.717) is 28.6 Å². The fourth-order valence-electron chi connectivity index (χ4n) is 3.84. The number of benzene rings is 3. The van der Waals surface area contributed by atoms with Crippen molar-refractivity contribution in [1.82, 2.24) is 5.32 Å². The average Bonchev–Trinajstić information content (AvgIpc) is 2.76. The zero-order valence-corrected chi connectivity index (χ0v) is 21.3. The number of anilines is 1. The summed E-state index contributed by atoms with van der Waals surface area (Å²) in [7, 11) is -3.51. The van der Waals surface area contributed by atoms with Crippen LogP contribution in [0.3, 0.4) is 0 Å². The molecule has 0 saturated carbocycles. The first-order valence-electron chi connectivity index (χ1n) is 10.9. The molecule has 3 aromatic carbocycles. The number of carbonyl (C=O) groups is 1. The first kappa shape index (κ1) is 25.6. The van der Waals surface area contributed by atoms with Crippen LogP contribution in [-0.4, -0.2) is 33.7 Å². The molecule has 0 heterocycles. The average molecular weight is 501 g/mol. The van der Waals surface area contributed by atoms with Crippen LogP contribution in [-0.2, 0) is 16.6 Å². The van der Waals surface area contributed by atoms with Crippen molar-refractivity contribution in [3.63, 3.8) is 0 Å². The van der Waals surface area contributed by atoms with Crippen molar-refractivity contribution in [3.05, 3.63) is 93.5 Å². The van der Waals surface area contributed by atoms with Crippen LogP contribution in [0.2, 0.25) is 5.02 Å². The number of nitrogens with one attached hydrogen (secondary N) is 1. The zero-order chi connectivity index (χ0) is 24.9. The Bertz CT molecular complexity index is 1250. The largest absolute Gasteiger partial charge is 0.490 e. The molecule has 0 aliphatic rings. The van der Waals surface area contributed by atoms with Crippen LogP contribution in [0.25, 0.3) is 0 Å². The standard InChI is InChI=1S/C26H29ClN2O4S/c1-18-15-19(2)25(20(3)16-18)29(34(4,31)32)17-21-9-11-22(12-10-21)26(30)28-13-14-33-24-8-6-5-7-23(24)27/h5-12,15-16H,13-14,17H2,1-4H3,(H,28,30). The number of halogens is 1. The smallest absolute Gasteiger partial charge is 0.251 e. The molecule has 34 heavy (non-hydrogen) atoms. The molecule has 1 N–H and O–H groups in total. The van der Waals surface area contributed by atoms with Gasteiger partial charge in [-0.05, 0) is 61.7 Å². The van der Waals surface area contributed by atoms with E-state index < -0.39 is 10.0 Å². The molecule has 1 amide bonds. The van der Waals surface area contributed by atoms with E-state index in [9.17, 15) is 13.2 Å². The molecule has 0 atom stereocenters. The van der Waals surface area contributed by atoms with Crippen molar-refractivity contribution in [2.75, 3.05) is 23.7 Å². The van der Waals surface area contributed by atoms with E-state index in [1.165, 1.54) is 10.6 Å². The number of hydrogen-bond donors (Lipinski definition) is 1. The molecule has 0 bridgehead atoms. The molecular formula is C26H29ClN2O4S. The second kappa shape index (κ2) is 10.9. The second-order valence-corrected chi connectivity index (χ2v) is 10.6. The summed E-state index contributed by atoms with van der Waals surface area (Å²) in [6, 6.07) is 18.0. The van der Waals surface area contributed by atoms with Crippen LogP contribution in [0.1, 0.15) is 32.6 Å². The summed E-state index contributed by atoms with van der Waals surface area (Å²) in [5, 5.41) is 3.32. The molecule has 0 spiro atoms. The van der Waals surface area contributed by atoms with E-state index in [-0.39, 0.29) is 19.1 Å². The van der Waals surface area contributed by atoms with Gasteiger partial charge in [0.15, 0.2) is 0 Å².